The summed E-state index contributed by atoms with van der Waals surface area (Å²) < 4.78 is 0.938. The van der Waals surface area contributed by atoms with Crippen LogP contribution in [0.4, 0.5) is 0 Å². The zero-order valence-corrected chi connectivity index (χ0v) is 12.9. The fourth-order valence-corrected chi connectivity index (χ4v) is 2.42. The molecular weight excluding hydrogens is 316 g/mol. The molecule has 4 heteroatoms. The fraction of sp³-hybridized carbons (Fsp3) is 0.188. The Hall–Kier alpha value is -1.65. The van der Waals surface area contributed by atoms with Crippen LogP contribution in [0.25, 0.3) is 0 Å². The van der Waals surface area contributed by atoms with E-state index in [9.17, 15) is 4.79 Å². The lowest BCUT2D eigenvalue weighted by molar-refractivity contribution is 0.0950. The highest BCUT2D eigenvalue weighted by Crippen LogP contribution is 2.19. The quantitative estimate of drug-likeness (QED) is 0.903. The first kappa shape index (κ1) is 14.8. The normalized spacial score (nSPS) is 10.3. The lowest BCUT2D eigenvalue weighted by atomic mass is 10.1. The number of benzene rings is 2. The minimum Gasteiger partial charge on any atom is -0.348 e. The summed E-state index contributed by atoms with van der Waals surface area (Å²) in [6, 6.07) is 13.5. The standard InChI is InChI=1S/C16H17BrN2O/c1-11-14(7-4-8-15(11)17)16(20)19-10-13-6-3-2-5-12(13)9-18/h2-8H,9-10,18H2,1H3,(H,19,20). The molecule has 1 amide bonds. The Labute approximate surface area is 127 Å². The first-order valence-corrected chi connectivity index (χ1v) is 7.23. The Kier molecular flexibility index (Phi) is 4.93. The van der Waals surface area contributed by atoms with Gasteiger partial charge in [0.15, 0.2) is 0 Å². The van der Waals surface area contributed by atoms with E-state index in [1.165, 1.54) is 0 Å². The van der Waals surface area contributed by atoms with Crippen LogP contribution in [0.1, 0.15) is 27.0 Å². The van der Waals surface area contributed by atoms with Crippen molar-refractivity contribution in [1.29, 1.82) is 0 Å². The molecule has 3 N–H and O–H groups in total. The molecule has 104 valence electrons. The van der Waals surface area contributed by atoms with Crippen molar-refractivity contribution in [3.63, 3.8) is 0 Å². The van der Waals surface area contributed by atoms with Gasteiger partial charge in [-0.05, 0) is 35.7 Å². The molecule has 0 heterocycles. The monoisotopic (exact) mass is 332 g/mol. The van der Waals surface area contributed by atoms with Gasteiger partial charge in [0.2, 0.25) is 0 Å². The first-order chi connectivity index (χ1) is 9.63. The van der Waals surface area contributed by atoms with Gasteiger partial charge in [-0.15, -0.1) is 0 Å². The van der Waals surface area contributed by atoms with E-state index in [-0.39, 0.29) is 5.91 Å². The highest BCUT2D eigenvalue weighted by molar-refractivity contribution is 9.10. The lowest BCUT2D eigenvalue weighted by Gasteiger charge is -2.11. The zero-order chi connectivity index (χ0) is 14.5. The third-order valence-corrected chi connectivity index (χ3v) is 4.15. The molecule has 0 aliphatic rings. The number of nitrogens with two attached hydrogens (primary N) is 1. The smallest absolute Gasteiger partial charge is 0.251 e. The van der Waals surface area contributed by atoms with Gasteiger partial charge in [0.1, 0.15) is 0 Å². The summed E-state index contributed by atoms with van der Waals surface area (Å²) in [4.78, 5) is 12.2. The van der Waals surface area contributed by atoms with Gasteiger partial charge in [-0.2, -0.15) is 0 Å². The largest absolute Gasteiger partial charge is 0.348 e. The topological polar surface area (TPSA) is 55.1 Å². The van der Waals surface area contributed by atoms with Gasteiger partial charge in [0.25, 0.3) is 5.91 Å². The summed E-state index contributed by atoms with van der Waals surface area (Å²) in [6.45, 7) is 2.88. The molecule has 2 aromatic carbocycles. The van der Waals surface area contributed by atoms with Crippen molar-refractivity contribution in [2.75, 3.05) is 0 Å². The summed E-state index contributed by atoms with van der Waals surface area (Å²) in [6.07, 6.45) is 0. The van der Waals surface area contributed by atoms with Crippen molar-refractivity contribution in [2.45, 2.75) is 20.0 Å². The van der Waals surface area contributed by atoms with Gasteiger partial charge >= 0.3 is 0 Å². The fourth-order valence-electron chi connectivity index (χ4n) is 2.05. The van der Waals surface area contributed by atoms with Crippen molar-refractivity contribution in [2.24, 2.45) is 5.73 Å². The second kappa shape index (κ2) is 6.68. The molecule has 0 spiro atoms. The molecule has 0 aliphatic carbocycles. The molecule has 0 aliphatic heterocycles. The van der Waals surface area contributed by atoms with Gasteiger partial charge in [0, 0.05) is 23.1 Å². The molecule has 2 aromatic rings. The number of hydrogen-bond donors (Lipinski definition) is 2. The van der Waals surface area contributed by atoms with Crippen molar-refractivity contribution in [1.82, 2.24) is 5.32 Å². The Bertz CT molecular complexity index is 626. The summed E-state index contributed by atoms with van der Waals surface area (Å²) in [7, 11) is 0. The molecule has 0 fully saturated rings. The van der Waals surface area contributed by atoms with Gasteiger partial charge < -0.3 is 11.1 Å². The van der Waals surface area contributed by atoms with Crippen molar-refractivity contribution in [3.8, 4) is 0 Å². The molecule has 3 nitrogen and oxygen atoms in total. The van der Waals surface area contributed by atoms with E-state index in [0.29, 0.717) is 18.7 Å². The van der Waals surface area contributed by atoms with Crippen LogP contribution in [-0.2, 0) is 13.1 Å². The van der Waals surface area contributed by atoms with Crippen molar-refractivity contribution < 1.29 is 4.79 Å². The number of halogens is 1. The van der Waals surface area contributed by atoms with Crippen LogP contribution in [0.3, 0.4) is 0 Å². The lowest BCUT2D eigenvalue weighted by Crippen LogP contribution is -2.24. The number of nitrogens with one attached hydrogen (secondary N) is 1. The van der Waals surface area contributed by atoms with E-state index in [1.807, 2.05) is 49.4 Å². The molecule has 2 rings (SSSR count). The summed E-state index contributed by atoms with van der Waals surface area (Å²) >= 11 is 3.44. The molecule has 20 heavy (non-hydrogen) atoms. The summed E-state index contributed by atoms with van der Waals surface area (Å²) in [5.41, 5.74) is 9.43. The van der Waals surface area contributed by atoms with Gasteiger partial charge in [-0.3, -0.25) is 4.79 Å². The predicted molar refractivity (Wildman–Crippen MR) is 84.4 cm³/mol. The van der Waals surface area contributed by atoms with Gasteiger partial charge in [0.05, 0.1) is 0 Å². The zero-order valence-electron chi connectivity index (χ0n) is 11.3. The molecular formula is C16H17BrN2O. The summed E-state index contributed by atoms with van der Waals surface area (Å²) in [5, 5.41) is 2.94. The Balaban J connectivity index is 2.11. The minimum atomic E-state index is -0.0735. The molecule has 0 radical (unpaired) electrons. The summed E-state index contributed by atoms with van der Waals surface area (Å²) in [5.74, 6) is -0.0735. The van der Waals surface area contributed by atoms with Gasteiger partial charge in [-0.25, -0.2) is 0 Å². The molecule has 0 saturated heterocycles. The minimum absolute atomic E-state index is 0.0735. The predicted octanol–water partition coefficient (Wildman–Crippen LogP) is 3.15. The highest BCUT2D eigenvalue weighted by atomic mass is 79.9. The van der Waals surface area contributed by atoms with Crippen LogP contribution in [-0.4, -0.2) is 5.91 Å². The Morgan fingerprint density at radius 3 is 2.55 bits per heavy atom. The maximum absolute atomic E-state index is 12.2. The van der Waals surface area contributed by atoms with Crippen LogP contribution in [0.5, 0.6) is 0 Å². The number of amides is 1. The average molecular weight is 333 g/mol. The molecule has 0 bridgehead atoms. The molecule has 0 saturated carbocycles. The second-order valence-corrected chi connectivity index (χ2v) is 5.42. The first-order valence-electron chi connectivity index (χ1n) is 6.43. The van der Waals surface area contributed by atoms with Crippen LogP contribution >= 0.6 is 15.9 Å². The molecule has 0 atom stereocenters. The van der Waals surface area contributed by atoms with E-state index >= 15 is 0 Å². The second-order valence-electron chi connectivity index (χ2n) is 4.57. The SMILES string of the molecule is Cc1c(Br)cccc1C(=O)NCc1ccccc1CN. The van der Waals surface area contributed by atoms with Crippen LogP contribution in [0, 0.1) is 6.92 Å². The number of carbonyl (C=O) groups is 1. The highest BCUT2D eigenvalue weighted by Gasteiger charge is 2.10. The molecule has 0 aromatic heterocycles. The number of hydrogen-bond acceptors (Lipinski definition) is 2. The number of rotatable bonds is 4. The maximum Gasteiger partial charge on any atom is 0.251 e. The Morgan fingerprint density at radius 2 is 1.85 bits per heavy atom. The van der Waals surface area contributed by atoms with Crippen LogP contribution in [0.2, 0.25) is 0 Å². The molecule has 0 unspecified atom stereocenters. The van der Waals surface area contributed by atoms with E-state index in [0.717, 1.165) is 21.2 Å². The van der Waals surface area contributed by atoms with Crippen molar-refractivity contribution in [3.05, 3.63) is 69.2 Å². The average Bonchev–Trinajstić information content (AvgIpc) is 2.48. The third kappa shape index (κ3) is 3.26. The van der Waals surface area contributed by atoms with Crippen LogP contribution in [0.15, 0.2) is 46.9 Å². The Morgan fingerprint density at radius 1 is 1.15 bits per heavy atom. The van der Waals surface area contributed by atoms with E-state index < -0.39 is 0 Å². The maximum atomic E-state index is 12.2. The van der Waals surface area contributed by atoms with E-state index in [4.69, 9.17) is 5.73 Å². The third-order valence-electron chi connectivity index (χ3n) is 3.29. The van der Waals surface area contributed by atoms with Gasteiger partial charge in [-0.1, -0.05) is 46.3 Å². The van der Waals surface area contributed by atoms with Crippen molar-refractivity contribution >= 4 is 21.8 Å². The van der Waals surface area contributed by atoms with Crippen LogP contribution < -0.4 is 11.1 Å². The van der Waals surface area contributed by atoms with E-state index in [2.05, 4.69) is 21.2 Å². The number of carbonyl (C=O) groups excluding carboxylic acids is 1. The van der Waals surface area contributed by atoms with E-state index in [1.54, 1.807) is 0 Å².